The summed E-state index contributed by atoms with van der Waals surface area (Å²) in [7, 11) is 0. The molecule has 1 heterocycles. The van der Waals surface area contributed by atoms with Gasteiger partial charge in [-0.3, -0.25) is 4.79 Å². The van der Waals surface area contributed by atoms with Gasteiger partial charge in [0.05, 0.1) is 10.7 Å². The number of amides is 1. The van der Waals surface area contributed by atoms with Crippen LogP contribution in [0.1, 0.15) is 18.5 Å². The standard InChI is InChI=1S/C15H15ClN4O/c16-13-9-11(18)5-6-14(13)19-15(21)4-2-8-20-7-1-3-12(20)10-17/h1,3,5-7,9H,2,4,8,18H2,(H,19,21). The number of nitriles is 1. The zero-order chi connectivity index (χ0) is 15.2. The Balaban J connectivity index is 1.84. The first-order chi connectivity index (χ1) is 10.1. The van der Waals surface area contributed by atoms with E-state index in [4.69, 9.17) is 22.6 Å². The summed E-state index contributed by atoms with van der Waals surface area (Å²) in [5, 5.41) is 12.1. The van der Waals surface area contributed by atoms with Crippen molar-refractivity contribution in [3.63, 3.8) is 0 Å². The Bertz CT molecular complexity index is 687. The third-order valence-corrected chi connectivity index (χ3v) is 3.33. The summed E-state index contributed by atoms with van der Waals surface area (Å²) < 4.78 is 1.82. The van der Waals surface area contributed by atoms with E-state index in [2.05, 4.69) is 11.4 Å². The Morgan fingerprint density at radius 2 is 2.24 bits per heavy atom. The molecule has 0 fully saturated rings. The van der Waals surface area contributed by atoms with Crippen molar-refractivity contribution in [1.29, 1.82) is 5.26 Å². The van der Waals surface area contributed by atoms with Crippen molar-refractivity contribution >= 4 is 28.9 Å². The number of benzene rings is 1. The van der Waals surface area contributed by atoms with E-state index < -0.39 is 0 Å². The van der Waals surface area contributed by atoms with E-state index >= 15 is 0 Å². The van der Waals surface area contributed by atoms with E-state index in [1.165, 1.54) is 0 Å². The number of nitrogen functional groups attached to an aromatic ring is 1. The summed E-state index contributed by atoms with van der Waals surface area (Å²) in [6.45, 7) is 0.624. The molecular formula is C15H15ClN4O. The number of nitrogens with one attached hydrogen (secondary N) is 1. The molecule has 108 valence electrons. The van der Waals surface area contributed by atoms with Crippen molar-refractivity contribution in [2.75, 3.05) is 11.1 Å². The molecule has 1 amide bonds. The molecule has 1 aromatic carbocycles. The lowest BCUT2D eigenvalue weighted by molar-refractivity contribution is -0.116. The maximum Gasteiger partial charge on any atom is 0.224 e. The molecule has 0 aliphatic rings. The van der Waals surface area contributed by atoms with Gasteiger partial charge in [-0.2, -0.15) is 5.26 Å². The van der Waals surface area contributed by atoms with Gasteiger partial charge in [0, 0.05) is 24.8 Å². The highest BCUT2D eigenvalue weighted by Gasteiger charge is 2.07. The average molecular weight is 303 g/mol. The lowest BCUT2D eigenvalue weighted by Gasteiger charge is -2.08. The second-order valence-corrected chi connectivity index (χ2v) is 5.00. The number of hydrogen-bond donors (Lipinski definition) is 2. The molecule has 0 saturated heterocycles. The Morgan fingerprint density at radius 3 is 2.95 bits per heavy atom. The molecule has 0 saturated carbocycles. The molecule has 0 aliphatic carbocycles. The number of halogens is 1. The number of aryl methyl sites for hydroxylation is 1. The highest BCUT2D eigenvalue weighted by Crippen LogP contribution is 2.24. The van der Waals surface area contributed by atoms with Gasteiger partial charge in [-0.15, -0.1) is 0 Å². The van der Waals surface area contributed by atoms with Gasteiger partial charge in [0.15, 0.2) is 0 Å². The van der Waals surface area contributed by atoms with E-state index in [0.717, 1.165) is 0 Å². The lowest BCUT2D eigenvalue weighted by Crippen LogP contribution is -2.13. The number of carbonyl (C=O) groups excluding carboxylic acids is 1. The number of rotatable bonds is 5. The second kappa shape index (κ2) is 6.82. The Labute approximate surface area is 127 Å². The van der Waals surface area contributed by atoms with Crippen molar-refractivity contribution in [1.82, 2.24) is 4.57 Å². The maximum absolute atomic E-state index is 11.9. The molecule has 3 N–H and O–H groups in total. The summed E-state index contributed by atoms with van der Waals surface area (Å²) in [5.41, 5.74) is 7.29. The van der Waals surface area contributed by atoms with Crippen LogP contribution in [0.3, 0.4) is 0 Å². The van der Waals surface area contributed by atoms with Crippen molar-refractivity contribution in [3.8, 4) is 6.07 Å². The molecule has 0 atom stereocenters. The quantitative estimate of drug-likeness (QED) is 0.833. The van der Waals surface area contributed by atoms with E-state index in [1.54, 1.807) is 24.3 Å². The predicted octanol–water partition coefficient (Wildman–Crippen LogP) is 3.01. The van der Waals surface area contributed by atoms with Crippen LogP contribution in [0, 0.1) is 11.3 Å². The van der Waals surface area contributed by atoms with Crippen LogP contribution in [0.5, 0.6) is 0 Å². The van der Waals surface area contributed by atoms with E-state index in [0.29, 0.717) is 41.5 Å². The third kappa shape index (κ3) is 4.01. The predicted molar refractivity (Wildman–Crippen MR) is 82.9 cm³/mol. The smallest absolute Gasteiger partial charge is 0.224 e. The highest BCUT2D eigenvalue weighted by atomic mass is 35.5. The molecule has 0 aliphatic heterocycles. The fourth-order valence-electron chi connectivity index (χ4n) is 1.97. The summed E-state index contributed by atoms with van der Waals surface area (Å²) in [6, 6.07) is 10.6. The zero-order valence-electron chi connectivity index (χ0n) is 11.3. The van der Waals surface area contributed by atoms with Gasteiger partial charge >= 0.3 is 0 Å². The number of carbonyl (C=O) groups is 1. The van der Waals surface area contributed by atoms with Gasteiger partial charge in [-0.1, -0.05) is 11.6 Å². The number of aromatic nitrogens is 1. The Morgan fingerprint density at radius 1 is 1.43 bits per heavy atom. The van der Waals surface area contributed by atoms with Gasteiger partial charge in [0.1, 0.15) is 11.8 Å². The molecule has 0 spiro atoms. The zero-order valence-corrected chi connectivity index (χ0v) is 12.1. The minimum Gasteiger partial charge on any atom is -0.399 e. The summed E-state index contributed by atoms with van der Waals surface area (Å²) >= 11 is 5.99. The van der Waals surface area contributed by atoms with Crippen LogP contribution in [0.4, 0.5) is 11.4 Å². The molecule has 21 heavy (non-hydrogen) atoms. The largest absolute Gasteiger partial charge is 0.399 e. The molecule has 0 unspecified atom stereocenters. The van der Waals surface area contributed by atoms with Crippen molar-refractivity contribution in [2.45, 2.75) is 19.4 Å². The molecule has 6 heteroatoms. The molecule has 0 radical (unpaired) electrons. The average Bonchev–Trinajstić information content (AvgIpc) is 2.89. The third-order valence-electron chi connectivity index (χ3n) is 3.01. The van der Waals surface area contributed by atoms with E-state index in [1.807, 2.05) is 16.8 Å². The number of hydrogen-bond acceptors (Lipinski definition) is 3. The van der Waals surface area contributed by atoms with Crippen molar-refractivity contribution in [3.05, 3.63) is 47.2 Å². The highest BCUT2D eigenvalue weighted by molar-refractivity contribution is 6.34. The fraction of sp³-hybridized carbons (Fsp3) is 0.200. The molecule has 0 bridgehead atoms. The molecule has 2 rings (SSSR count). The monoisotopic (exact) mass is 302 g/mol. The van der Waals surface area contributed by atoms with Crippen LogP contribution in [-0.4, -0.2) is 10.5 Å². The van der Waals surface area contributed by atoms with Crippen LogP contribution in [0.15, 0.2) is 36.5 Å². The molecule has 2 aromatic rings. The van der Waals surface area contributed by atoms with Crippen LogP contribution in [0.25, 0.3) is 0 Å². The molecule has 5 nitrogen and oxygen atoms in total. The van der Waals surface area contributed by atoms with E-state index in [9.17, 15) is 4.79 Å². The van der Waals surface area contributed by atoms with Crippen LogP contribution < -0.4 is 11.1 Å². The van der Waals surface area contributed by atoms with Crippen molar-refractivity contribution < 1.29 is 4.79 Å². The number of anilines is 2. The Hall–Kier alpha value is -2.45. The minimum absolute atomic E-state index is 0.118. The lowest BCUT2D eigenvalue weighted by atomic mass is 10.2. The SMILES string of the molecule is N#Cc1cccn1CCCC(=O)Nc1ccc(N)cc1Cl. The topological polar surface area (TPSA) is 83.8 Å². The Kier molecular flexibility index (Phi) is 4.85. The number of nitrogens with zero attached hydrogens (tertiary/aromatic N) is 2. The van der Waals surface area contributed by atoms with E-state index in [-0.39, 0.29) is 5.91 Å². The van der Waals surface area contributed by atoms with Gasteiger partial charge in [-0.25, -0.2) is 0 Å². The van der Waals surface area contributed by atoms with Crippen LogP contribution in [0.2, 0.25) is 5.02 Å². The summed E-state index contributed by atoms with van der Waals surface area (Å²) in [5.74, 6) is -0.118. The summed E-state index contributed by atoms with van der Waals surface area (Å²) in [6.07, 6.45) is 2.82. The van der Waals surface area contributed by atoms with Gasteiger partial charge in [-0.05, 0) is 36.8 Å². The first-order valence-corrected chi connectivity index (χ1v) is 6.88. The fourth-order valence-corrected chi connectivity index (χ4v) is 2.20. The first kappa shape index (κ1) is 14.9. The van der Waals surface area contributed by atoms with Crippen molar-refractivity contribution in [2.24, 2.45) is 0 Å². The summed E-state index contributed by atoms with van der Waals surface area (Å²) in [4.78, 5) is 11.9. The second-order valence-electron chi connectivity index (χ2n) is 4.59. The normalized spacial score (nSPS) is 10.1. The van der Waals surface area contributed by atoms with Crippen LogP contribution >= 0.6 is 11.6 Å². The van der Waals surface area contributed by atoms with Gasteiger partial charge < -0.3 is 15.6 Å². The molecular weight excluding hydrogens is 288 g/mol. The molecule has 1 aromatic heterocycles. The van der Waals surface area contributed by atoms with Gasteiger partial charge in [0.25, 0.3) is 0 Å². The van der Waals surface area contributed by atoms with Crippen LogP contribution in [-0.2, 0) is 11.3 Å². The maximum atomic E-state index is 11.9. The number of nitrogens with two attached hydrogens (primary N) is 1. The minimum atomic E-state index is -0.118. The van der Waals surface area contributed by atoms with Gasteiger partial charge in [0.2, 0.25) is 5.91 Å². The first-order valence-electron chi connectivity index (χ1n) is 6.50.